The van der Waals surface area contributed by atoms with Crippen LogP contribution in [-0.4, -0.2) is 14.5 Å². The predicted octanol–water partition coefficient (Wildman–Crippen LogP) is 2.51. The van der Waals surface area contributed by atoms with Crippen molar-refractivity contribution >= 4 is 15.7 Å². The van der Waals surface area contributed by atoms with Gasteiger partial charge in [-0.05, 0) is 42.9 Å². The zero-order chi connectivity index (χ0) is 14.9. The zero-order valence-electron chi connectivity index (χ0n) is 11.8. The molecule has 1 aromatic carbocycles. The summed E-state index contributed by atoms with van der Waals surface area (Å²) < 4.78 is 40.4. The van der Waals surface area contributed by atoms with Crippen LogP contribution in [0, 0.1) is 17.7 Å². The van der Waals surface area contributed by atoms with Crippen molar-refractivity contribution in [2.24, 2.45) is 11.8 Å². The summed E-state index contributed by atoms with van der Waals surface area (Å²) in [5.74, 6) is 0.262. The molecule has 6 heteroatoms. The highest BCUT2D eigenvalue weighted by atomic mass is 32.2. The van der Waals surface area contributed by atoms with E-state index < -0.39 is 15.8 Å². The van der Waals surface area contributed by atoms with Gasteiger partial charge >= 0.3 is 0 Å². The third-order valence-corrected chi connectivity index (χ3v) is 5.82. The van der Waals surface area contributed by atoms with E-state index in [9.17, 15) is 12.8 Å². The smallest absolute Gasteiger partial charge is 0.240 e. The lowest BCUT2D eigenvalue weighted by atomic mass is 9.94. The summed E-state index contributed by atoms with van der Waals surface area (Å²) in [4.78, 5) is 0.0172. The Labute approximate surface area is 119 Å². The number of rotatable bonds is 4. The molecular formula is C14H21FN2O2S. The molecule has 1 aromatic rings. The lowest BCUT2D eigenvalue weighted by Gasteiger charge is -2.21. The minimum absolute atomic E-state index is 0.0172. The van der Waals surface area contributed by atoms with Gasteiger partial charge in [0.05, 0.1) is 10.6 Å². The number of sulfonamides is 1. The number of anilines is 1. The van der Waals surface area contributed by atoms with Crippen molar-refractivity contribution in [2.45, 2.75) is 44.0 Å². The normalized spacial score (nSPS) is 26.9. The second-order valence-electron chi connectivity index (χ2n) is 5.52. The summed E-state index contributed by atoms with van der Waals surface area (Å²) in [5, 5.41) is 0. The molecule has 3 unspecified atom stereocenters. The van der Waals surface area contributed by atoms with Gasteiger partial charge in [-0.1, -0.05) is 20.3 Å². The van der Waals surface area contributed by atoms with Crippen LogP contribution in [0.2, 0.25) is 0 Å². The predicted molar refractivity (Wildman–Crippen MR) is 77.1 cm³/mol. The maximum atomic E-state index is 13.1. The fraction of sp³-hybridized carbons (Fsp3) is 0.571. The number of halogens is 1. The largest absolute Gasteiger partial charge is 0.396 e. The quantitative estimate of drug-likeness (QED) is 0.839. The number of hydrogen-bond donors (Lipinski definition) is 2. The topological polar surface area (TPSA) is 72.2 Å². The van der Waals surface area contributed by atoms with Gasteiger partial charge in [0.15, 0.2) is 0 Å². The van der Waals surface area contributed by atoms with E-state index in [0.717, 1.165) is 31.4 Å². The number of nitrogens with one attached hydrogen (secondary N) is 1. The Kier molecular flexibility index (Phi) is 4.34. The molecule has 0 aromatic heterocycles. The first kappa shape index (κ1) is 15.3. The van der Waals surface area contributed by atoms with E-state index in [1.807, 2.05) is 0 Å². The van der Waals surface area contributed by atoms with Gasteiger partial charge in [-0.3, -0.25) is 0 Å². The van der Waals surface area contributed by atoms with Crippen LogP contribution in [0.4, 0.5) is 10.1 Å². The van der Waals surface area contributed by atoms with Crippen LogP contribution in [-0.2, 0) is 10.0 Å². The van der Waals surface area contributed by atoms with Crippen LogP contribution in [0.1, 0.15) is 33.1 Å². The Balaban J connectivity index is 2.17. The third-order valence-electron chi connectivity index (χ3n) is 4.34. The average Bonchev–Trinajstić information content (AvgIpc) is 2.73. The molecule has 0 spiro atoms. The van der Waals surface area contributed by atoms with Crippen LogP contribution < -0.4 is 10.5 Å². The molecule has 0 bridgehead atoms. The summed E-state index contributed by atoms with van der Waals surface area (Å²) in [5.41, 5.74) is 5.28. The van der Waals surface area contributed by atoms with Gasteiger partial charge in [0, 0.05) is 6.04 Å². The highest BCUT2D eigenvalue weighted by molar-refractivity contribution is 7.89. The summed E-state index contributed by atoms with van der Waals surface area (Å²) in [7, 11) is -3.64. The van der Waals surface area contributed by atoms with Gasteiger partial charge in [-0.15, -0.1) is 0 Å². The van der Waals surface area contributed by atoms with Gasteiger partial charge < -0.3 is 5.73 Å². The average molecular weight is 300 g/mol. The second-order valence-corrected chi connectivity index (χ2v) is 7.23. The van der Waals surface area contributed by atoms with Crippen molar-refractivity contribution in [1.29, 1.82) is 0 Å². The highest BCUT2D eigenvalue weighted by Gasteiger charge is 2.34. The SMILES string of the molecule is CCC1CCC(NS(=O)(=O)c2ccc(F)c(N)c2)C1C. The fourth-order valence-corrected chi connectivity index (χ4v) is 4.34. The first-order valence-electron chi connectivity index (χ1n) is 6.92. The van der Waals surface area contributed by atoms with E-state index in [1.54, 1.807) is 0 Å². The van der Waals surface area contributed by atoms with Gasteiger partial charge in [0.25, 0.3) is 0 Å². The van der Waals surface area contributed by atoms with Gasteiger partial charge in [0.2, 0.25) is 10.0 Å². The summed E-state index contributed by atoms with van der Waals surface area (Å²) in [6, 6.07) is 3.42. The Morgan fingerprint density at radius 1 is 1.40 bits per heavy atom. The van der Waals surface area contributed by atoms with Crippen molar-refractivity contribution in [3.8, 4) is 0 Å². The lowest BCUT2D eigenvalue weighted by molar-refractivity contribution is 0.368. The van der Waals surface area contributed by atoms with E-state index in [-0.39, 0.29) is 16.6 Å². The van der Waals surface area contributed by atoms with E-state index in [2.05, 4.69) is 18.6 Å². The molecular weight excluding hydrogens is 279 g/mol. The molecule has 0 radical (unpaired) electrons. The van der Waals surface area contributed by atoms with E-state index in [0.29, 0.717) is 11.8 Å². The molecule has 0 heterocycles. The summed E-state index contributed by atoms with van der Waals surface area (Å²) in [6.45, 7) is 4.20. The van der Waals surface area contributed by atoms with Crippen molar-refractivity contribution in [3.05, 3.63) is 24.0 Å². The van der Waals surface area contributed by atoms with Crippen LogP contribution in [0.15, 0.2) is 23.1 Å². The monoisotopic (exact) mass is 300 g/mol. The van der Waals surface area contributed by atoms with Gasteiger partial charge in [-0.2, -0.15) is 0 Å². The van der Waals surface area contributed by atoms with E-state index >= 15 is 0 Å². The molecule has 20 heavy (non-hydrogen) atoms. The van der Waals surface area contributed by atoms with Crippen LogP contribution in [0.5, 0.6) is 0 Å². The van der Waals surface area contributed by atoms with E-state index in [4.69, 9.17) is 5.73 Å². The Morgan fingerprint density at radius 3 is 2.65 bits per heavy atom. The maximum absolute atomic E-state index is 13.1. The zero-order valence-corrected chi connectivity index (χ0v) is 12.6. The molecule has 3 N–H and O–H groups in total. The standard InChI is InChI=1S/C14H21FN2O2S/c1-3-10-4-7-14(9(10)2)17-20(18,19)11-5-6-12(15)13(16)8-11/h5-6,8-10,14,17H,3-4,7,16H2,1-2H3. The van der Waals surface area contributed by atoms with Crippen molar-refractivity contribution in [3.63, 3.8) is 0 Å². The molecule has 1 fully saturated rings. The molecule has 4 nitrogen and oxygen atoms in total. The van der Waals surface area contributed by atoms with Crippen LogP contribution in [0.3, 0.4) is 0 Å². The Hall–Kier alpha value is -1.14. The number of hydrogen-bond acceptors (Lipinski definition) is 3. The molecule has 3 atom stereocenters. The first-order chi connectivity index (χ1) is 9.35. The Bertz CT molecular complexity index is 589. The molecule has 0 aliphatic heterocycles. The minimum Gasteiger partial charge on any atom is -0.396 e. The van der Waals surface area contributed by atoms with Crippen molar-refractivity contribution < 1.29 is 12.8 Å². The molecule has 0 saturated heterocycles. The third kappa shape index (κ3) is 2.96. The minimum atomic E-state index is -3.64. The second kappa shape index (κ2) is 5.69. The molecule has 2 rings (SSSR count). The summed E-state index contributed by atoms with van der Waals surface area (Å²) in [6.07, 6.45) is 2.94. The number of nitrogens with two attached hydrogens (primary N) is 1. The van der Waals surface area contributed by atoms with Crippen molar-refractivity contribution in [2.75, 3.05) is 5.73 Å². The van der Waals surface area contributed by atoms with Crippen molar-refractivity contribution in [1.82, 2.24) is 4.72 Å². The Morgan fingerprint density at radius 2 is 2.10 bits per heavy atom. The molecule has 112 valence electrons. The summed E-state index contributed by atoms with van der Waals surface area (Å²) >= 11 is 0. The molecule has 1 aliphatic carbocycles. The molecule has 0 amide bonds. The molecule has 1 saturated carbocycles. The fourth-order valence-electron chi connectivity index (χ4n) is 2.95. The van der Waals surface area contributed by atoms with Gasteiger partial charge in [-0.25, -0.2) is 17.5 Å². The highest BCUT2D eigenvalue weighted by Crippen LogP contribution is 2.34. The molecule has 1 aliphatic rings. The first-order valence-corrected chi connectivity index (χ1v) is 8.40. The number of benzene rings is 1. The van der Waals surface area contributed by atoms with Crippen LogP contribution in [0.25, 0.3) is 0 Å². The van der Waals surface area contributed by atoms with Gasteiger partial charge in [0.1, 0.15) is 5.82 Å². The van der Waals surface area contributed by atoms with Crippen LogP contribution >= 0.6 is 0 Å². The van der Waals surface area contributed by atoms with E-state index in [1.165, 1.54) is 6.07 Å². The lowest BCUT2D eigenvalue weighted by Crippen LogP contribution is -2.37. The number of nitrogen functional groups attached to an aromatic ring is 1. The maximum Gasteiger partial charge on any atom is 0.240 e.